The summed E-state index contributed by atoms with van der Waals surface area (Å²) in [7, 11) is 0. The molecule has 0 aromatic carbocycles. The zero-order valence-corrected chi connectivity index (χ0v) is 13.1. The highest BCUT2D eigenvalue weighted by atomic mass is 79.9. The van der Waals surface area contributed by atoms with Crippen molar-refractivity contribution in [1.29, 1.82) is 0 Å². The zero-order chi connectivity index (χ0) is 13.9. The van der Waals surface area contributed by atoms with Crippen LogP contribution in [0.5, 0.6) is 0 Å². The van der Waals surface area contributed by atoms with Crippen LogP contribution in [0.25, 0.3) is 0 Å². The standard InChI is InChI=1S/C12H16BrNO3S/c1-7(11(16)17-12(2,3)4)14-10(15)9-8(13)5-6-18-9/h5-7H,1-4H3,(H,14,15)/t7-/m0/s1. The molecule has 6 heteroatoms. The van der Waals surface area contributed by atoms with E-state index >= 15 is 0 Å². The SMILES string of the molecule is C[C@H](NC(=O)c1sccc1Br)C(=O)OC(C)(C)C. The zero-order valence-electron chi connectivity index (χ0n) is 10.7. The quantitative estimate of drug-likeness (QED) is 0.865. The fourth-order valence-corrected chi connectivity index (χ4v) is 2.62. The van der Waals surface area contributed by atoms with Gasteiger partial charge in [0.15, 0.2) is 0 Å². The molecule has 1 aromatic rings. The normalized spacial score (nSPS) is 12.9. The van der Waals surface area contributed by atoms with Crippen molar-refractivity contribution in [2.75, 3.05) is 0 Å². The van der Waals surface area contributed by atoms with Gasteiger partial charge in [-0.1, -0.05) is 0 Å². The molecule has 1 N–H and O–H groups in total. The minimum Gasteiger partial charge on any atom is -0.458 e. The molecule has 1 atom stereocenters. The number of carbonyl (C=O) groups excluding carboxylic acids is 2. The number of thiophene rings is 1. The van der Waals surface area contributed by atoms with E-state index in [0.29, 0.717) is 4.88 Å². The van der Waals surface area contributed by atoms with E-state index in [-0.39, 0.29) is 5.91 Å². The van der Waals surface area contributed by atoms with E-state index in [9.17, 15) is 9.59 Å². The number of hydrogen-bond donors (Lipinski definition) is 1. The molecule has 0 radical (unpaired) electrons. The fourth-order valence-electron chi connectivity index (χ4n) is 1.17. The molecule has 4 nitrogen and oxygen atoms in total. The molecule has 0 saturated heterocycles. The Labute approximate surface area is 119 Å². The highest BCUT2D eigenvalue weighted by molar-refractivity contribution is 9.10. The van der Waals surface area contributed by atoms with Crippen molar-refractivity contribution >= 4 is 39.1 Å². The first-order valence-corrected chi connectivity index (χ1v) is 7.14. The lowest BCUT2D eigenvalue weighted by atomic mass is 10.2. The third-order valence-corrected chi connectivity index (χ3v) is 3.77. The molecule has 1 amide bonds. The minimum atomic E-state index is -0.675. The van der Waals surface area contributed by atoms with E-state index in [1.807, 2.05) is 0 Å². The van der Waals surface area contributed by atoms with Crippen molar-refractivity contribution < 1.29 is 14.3 Å². The molecule has 0 bridgehead atoms. The van der Waals surface area contributed by atoms with Crippen LogP contribution in [0.3, 0.4) is 0 Å². The molecule has 1 aromatic heterocycles. The summed E-state index contributed by atoms with van der Waals surface area (Å²) in [4.78, 5) is 24.1. The van der Waals surface area contributed by atoms with Crippen molar-refractivity contribution in [1.82, 2.24) is 5.32 Å². The molecule has 0 aliphatic carbocycles. The van der Waals surface area contributed by atoms with Crippen LogP contribution in [0, 0.1) is 0 Å². The third-order valence-electron chi connectivity index (χ3n) is 1.93. The molecule has 0 spiro atoms. The summed E-state index contributed by atoms with van der Waals surface area (Å²) >= 11 is 4.59. The lowest BCUT2D eigenvalue weighted by Crippen LogP contribution is -2.42. The number of amides is 1. The van der Waals surface area contributed by atoms with Gasteiger partial charge in [0.2, 0.25) is 0 Å². The number of ether oxygens (including phenoxy) is 1. The largest absolute Gasteiger partial charge is 0.458 e. The van der Waals surface area contributed by atoms with Crippen LogP contribution in [-0.2, 0) is 9.53 Å². The van der Waals surface area contributed by atoms with Crippen LogP contribution in [-0.4, -0.2) is 23.5 Å². The van der Waals surface area contributed by atoms with Gasteiger partial charge in [0, 0.05) is 4.47 Å². The second-order valence-corrected chi connectivity index (χ2v) is 6.60. The van der Waals surface area contributed by atoms with Gasteiger partial charge in [-0.3, -0.25) is 4.79 Å². The molecule has 1 rings (SSSR count). The third kappa shape index (κ3) is 4.42. The molecular formula is C12H16BrNO3S. The van der Waals surface area contributed by atoms with Crippen LogP contribution < -0.4 is 5.32 Å². The van der Waals surface area contributed by atoms with Gasteiger partial charge in [-0.2, -0.15) is 0 Å². The molecule has 0 unspecified atom stereocenters. The Morgan fingerprint density at radius 2 is 2.06 bits per heavy atom. The number of halogens is 1. The van der Waals surface area contributed by atoms with Gasteiger partial charge in [-0.25, -0.2) is 4.79 Å². The maximum absolute atomic E-state index is 11.9. The summed E-state index contributed by atoms with van der Waals surface area (Å²) in [6.45, 7) is 6.97. The van der Waals surface area contributed by atoms with Crippen LogP contribution in [0.1, 0.15) is 37.4 Å². The van der Waals surface area contributed by atoms with E-state index in [2.05, 4.69) is 21.2 Å². The molecule has 0 fully saturated rings. The molecule has 1 heterocycles. The smallest absolute Gasteiger partial charge is 0.328 e. The van der Waals surface area contributed by atoms with Crippen molar-refractivity contribution in [2.24, 2.45) is 0 Å². The average molecular weight is 334 g/mol. The van der Waals surface area contributed by atoms with Crippen molar-refractivity contribution in [3.05, 3.63) is 20.8 Å². The first-order valence-electron chi connectivity index (χ1n) is 5.47. The topological polar surface area (TPSA) is 55.4 Å². The van der Waals surface area contributed by atoms with E-state index in [1.165, 1.54) is 11.3 Å². The van der Waals surface area contributed by atoms with Crippen LogP contribution in [0.2, 0.25) is 0 Å². The number of nitrogens with one attached hydrogen (secondary N) is 1. The highest BCUT2D eigenvalue weighted by Gasteiger charge is 2.24. The summed E-state index contributed by atoms with van der Waals surface area (Å²) in [5, 5.41) is 4.42. The first kappa shape index (κ1) is 15.2. The second-order valence-electron chi connectivity index (χ2n) is 4.83. The molecule has 18 heavy (non-hydrogen) atoms. The lowest BCUT2D eigenvalue weighted by molar-refractivity contribution is -0.156. The van der Waals surface area contributed by atoms with E-state index in [4.69, 9.17) is 4.74 Å². The summed E-state index contributed by atoms with van der Waals surface area (Å²) < 4.78 is 5.91. The molecule has 0 aliphatic rings. The first-order chi connectivity index (χ1) is 8.20. The molecule has 0 saturated carbocycles. The van der Waals surface area contributed by atoms with E-state index in [1.54, 1.807) is 39.1 Å². The van der Waals surface area contributed by atoms with Crippen molar-refractivity contribution in [3.63, 3.8) is 0 Å². The fraction of sp³-hybridized carbons (Fsp3) is 0.500. The van der Waals surface area contributed by atoms with Crippen LogP contribution in [0.4, 0.5) is 0 Å². The van der Waals surface area contributed by atoms with Crippen molar-refractivity contribution in [3.8, 4) is 0 Å². The van der Waals surface area contributed by atoms with Gasteiger partial charge in [-0.05, 0) is 55.1 Å². The number of rotatable bonds is 3. The predicted octanol–water partition coefficient (Wildman–Crippen LogP) is 2.97. The van der Waals surface area contributed by atoms with Crippen LogP contribution in [0.15, 0.2) is 15.9 Å². The molecule has 0 aliphatic heterocycles. The Bertz CT molecular complexity index is 450. The summed E-state index contributed by atoms with van der Waals surface area (Å²) in [5.41, 5.74) is -0.556. The Morgan fingerprint density at radius 3 is 2.50 bits per heavy atom. The maximum atomic E-state index is 11.9. The monoisotopic (exact) mass is 333 g/mol. The lowest BCUT2D eigenvalue weighted by Gasteiger charge is -2.22. The van der Waals surface area contributed by atoms with E-state index < -0.39 is 17.6 Å². The summed E-state index contributed by atoms with van der Waals surface area (Å²) in [5.74, 6) is -0.723. The Hall–Kier alpha value is -0.880. The van der Waals surface area contributed by atoms with Gasteiger partial charge in [0.1, 0.15) is 16.5 Å². The maximum Gasteiger partial charge on any atom is 0.328 e. The van der Waals surface area contributed by atoms with Gasteiger partial charge in [0.05, 0.1) is 0 Å². The van der Waals surface area contributed by atoms with E-state index in [0.717, 1.165) is 4.47 Å². The Morgan fingerprint density at radius 1 is 1.44 bits per heavy atom. The van der Waals surface area contributed by atoms with Crippen molar-refractivity contribution in [2.45, 2.75) is 39.3 Å². The highest BCUT2D eigenvalue weighted by Crippen LogP contribution is 2.22. The Balaban J connectivity index is 2.60. The van der Waals surface area contributed by atoms with Gasteiger partial charge >= 0.3 is 5.97 Å². The van der Waals surface area contributed by atoms with Gasteiger partial charge < -0.3 is 10.1 Å². The molecular weight excluding hydrogens is 318 g/mol. The minimum absolute atomic E-state index is 0.282. The second kappa shape index (κ2) is 5.84. The average Bonchev–Trinajstić information content (AvgIpc) is 2.61. The predicted molar refractivity (Wildman–Crippen MR) is 74.8 cm³/mol. The molecule has 100 valence electrons. The number of esters is 1. The number of hydrogen-bond acceptors (Lipinski definition) is 4. The Kier molecular flexibility index (Phi) is 4.92. The van der Waals surface area contributed by atoms with Gasteiger partial charge in [-0.15, -0.1) is 11.3 Å². The summed E-state index contributed by atoms with van der Waals surface area (Å²) in [6.07, 6.45) is 0. The number of carbonyl (C=O) groups is 2. The van der Waals surface area contributed by atoms with Crippen LogP contribution >= 0.6 is 27.3 Å². The van der Waals surface area contributed by atoms with Gasteiger partial charge in [0.25, 0.3) is 5.91 Å². The summed E-state index contributed by atoms with van der Waals surface area (Å²) in [6, 6.07) is 1.11.